The zero-order chi connectivity index (χ0) is 9.44. The third kappa shape index (κ3) is 18.0. The molecule has 0 spiro atoms. The van der Waals surface area contributed by atoms with Gasteiger partial charge in [-0.2, -0.15) is 0 Å². The van der Waals surface area contributed by atoms with Gasteiger partial charge in [0.2, 0.25) is 0 Å². The summed E-state index contributed by atoms with van der Waals surface area (Å²) in [5.41, 5.74) is 0.433. The van der Waals surface area contributed by atoms with Gasteiger partial charge in [0.15, 0.2) is 0 Å². The molecule has 0 unspecified atom stereocenters. The molecule has 0 aliphatic heterocycles. The van der Waals surface area contributed by atoms with Crippen LogP contribution >= 0.6 is 30.1 Å². The molecule has 67 valence electrons. The molecular formula is C5H8Cl3CrO2. The van der Waals surface area contributed by atoms with Gasteiger partial charge in [-0.3, -0.25) is 0 Å². The van der Waals surface area contributed by atoms with Crippen LogP contribution in [0, 0.1) is 0 Å². The number of rotatable bonds is 1. The van der Waals surface area contributed by atoms with Crippen molar-refractivity contribution in [3.05, 3.63) is 12.2 Å². The third-order valence-electron chi connectivity index (χ3n) is 0.534. The van der Waals surface area contributed by atoms with E-state index in [-0.39, 0.29) is 5.97 Å². The van der Waals surface area contributed by atoms with Crippen LogP contribution in [0.5, 0.6) is 0 Å². The normalized spacial score (nSPS) is 8.18. The van der Waals surface area contributed by atoms with Gasteiger partial charge in [-0.25, -0.2) is 4.79 Å². The van der Waals surface area contributed by atoms with E-state index in [1.165, 1.54) is 7.11 Å². The number of carbonyl (C=O) groups excluding carboxylic acids is 1. The zero-order valence-corrected chi connectivity index (χ0v) is 9.61. The molecule has 0 rings (SSSR count). The van der Waals surface area contributed by atoms with Crippen LogP contribution in [0.25, 0.3) is 0 Å². The molecule has 2 nitrogen and oxygen atoms in total. The molecule has 0 aromatic carbocycles. The quantitative estimate of drug-likeness (QED) is 0.534. The Morgan fingerprint density at radius 3 is 1.73 bits per heavy atom. The molecule has 0 saturated heterocycles. The number of hydrogen-bond donors (Lipinski definition) is 0. The maximum absolute atomic E-state index is 10.2. The molecule has 0 heterocycles. The van der Waals surface area contributed by atoms with Crippen molar-refractivity contribution in [3.8, 4) is 0 Å². The van der Waals surface area contributed by atoms with Crippen LogP contribution in [0.4, 0.5) is 0 Å². The van der Waals surface area contributed by atoms with E-state index in [2.05, 4.69) is 11.3 Å². The number of hydrogen-bond acceptors (Lipinski definition) is 2. The molecule has 0 atom stereocenters. The monoisotopic (exact) mass is 257 g/mol. The Morgan fingerprint density at radius 1 is 1.45 bits per heavy atom. The fraction of sp³-hybridized carbons (Fsp3) is 0.400. The summed E-state index contributed by atoms with van der Waals surface area (Å²) in [6, 6.07) is 0. The number of ether oxygens (including phenoxy) is 1. The number of esters is 1. The molecule has 11 heavy (non-hydrogen) atoms. The molecule has 0 aromatic heterocycles. The minimum absolute atomic E-state index is 0.347. The fourth-order valence-corrected chi connectivity index (χ4v) is 0.174. The molecule has 0 aliphatic carbocycles. The van der Waals surface area contributed by atoms with Crippen molar-refractivity contribution in [2.45, 2.75) is 6.92 Å². The van der Waals surface area contributed by atoms with Crippen LogP contribution in [-0.4, -0.2) is 13.1 Å². The molecule has 0 aromatic rings. The average molecular weight is 258 g/mol. The number of methoxy groups -OCH3 is 1. The van der Waals surface area contributed by atoms with Crippen molar-refractivity contribution in [2.75, 3.05) is 7.11 Å². The van der Waals surface area contributed by atoms with E-state index in [1.807, 2.05) is 0 Å². The van der Waals surface area contributed by atoms with Crippen molar-refractivity contribution >= 4 is 36.1 Å². The molecule has 0 amide bonds. The topological polar surface area (TPSA) is 26.3 Å². The first-order valence-electron chi connectivity index (χ1n) is 2.38. The van der Waals surface area contributed by atoms with E-state index in [0.29, 0.717) is 5.57 Å². The van der Waals surface area contributed by atoms with Gasteiger partial charge in [-0.1, -0.05) is 6.58 Å². The average Bonchev–Trinajstić information content (AvgIpc) is 1.85. The number of halogens is 3. The van der Waals surface area contributed by atoms with E-state index in [1.54, 1.807) is 6.92 Å². The second kappa shape index (κ2) is 8.71. The summed E-state index contributed by atoms with van der Waals surface area (Å²) >= 11 is -1.62. The van der Waals surface area contributed by atoms with Crippen molar-refractivity contribution in [1.82, 2.24) is 0 Å². The second-order valence-electron chi connectivity index (χ2n) is 1.45. The zero-order valence-electron chi connectivity index (χ0n) is 6.07. The molecule has 6 heteroatoms. The Labute approximate surface area is 83.1 Å². The first kappa shape index (κ1) is 14.2. The van der Waals surface area contributed by atoms with Gasteiger partial charge in [0, 0.05) is 5.57 Å². The van der Waals surface area contributed by atoms with Crippen LogP contribution < -0.4 is 0 Å². The summed E-state index contributed by atoms with van der Waals surface area (Å²) in [6.45, 7) is 4.95. The van der Waals surface area contributed by atoms with Gasteiger partial charge in [0.1, 0.15) is 0 Å². The van der Waals surface area contributed by atoms with Gasteiger partial charge in [0.25, 0.3) is 0 Å². The van der Waals surface area contributed by atoms with E-state index in [0.717, 1.165) is 0 Å². The summed E-state index contributed by atoms with van der Waals surface area (Å²) in [7, 11) is 16.1. The molecule has 0 saturated carbocycles. The van der Waals surface area contributed by atoms with E-state index < -0.39 is 11.4 Å². The molecule has 0 bridgehead atoms. The van der Waals surface area contributed by atoms with E-state index >= 15 is 0 Å². The Kier molecular flexibility index (Phi) is 11.2. The van der Waals surface area contributed by atoms with Crippen LogP contribution in [-0.2, 0) is 20.9 Å². The SMILES string of the molecule is C=C(C)C(=O)OC.[Cl][Cr]([Cl])[Cl]. The maximum atomic E-state index is 10.2. The van der Waals surface area contributed by atoms with Gasteiger partial charge in [-0.05, 0) is 6.92 Å². The summed E-state index contributed by atoms with van der Waals surface area (Å²) in [5, 5.41) is 0. The molecule has 0 fully saturated rings. The summed E-state index contributed by atoms with van der Waals surface area (Å²) < 4.78 is 4.27. The molecule has 0 radical (unpaired) electrons. The van der Waals surface area contributed by atoms with Gasteiger partial charge >= 0.3 is 47.5 Å². The van der Waals surface area contributed by atoms with Crippen LogP contribution in [0.2, 0.25) is 0 Å². The van der Waals surface area contributed by atoms with Crippen molar-refractivity contribution in [1.29, 1.82) is 0 Å². The van der Waals surface area contributed by atoms with Crippen molar-refractivity contribution < 1.29 is 20.9 Å². The fourth-order valence-electron chi connectivity index (χ4n) is 0.174. The van der Waals surface area contributed by atoms with Gasteiger partial charge < -0.3 is 4.74 Å². The summed E-state index contributed by atoms with van der Waals surface area (Å²) in [4.78, 5) is 10.2. The summed E-state index contributed by atoms with van der Waals surface area (Å²) in [6.07, 6.45) is 0. The Hall–Kier alpha value is 0.612. The van der Waals surface area contributed by atoms with Crippen LogP contribution in [0.3, 0.4) is 0 Å². The predicted octanol–water partition coefficient (Wildman–Crippen LogP) is 2.80. The van der Waals surface area contributed by atoms with Gasteiger partial charge in [0.05, 0.1) is 7.11 Å². The number of carbonyl (C=O) groups is 1. The first-order valence-corrected chi connectivity index (χ1v) is 7.65. The molecule has 0 aliphatic rings. The molecule has 0 N–H and O–H groups in total. The minimum atomic E-state index is -1.62. The predicted molar refractivity (Wildman–Crippen MR) is 44.4 cm³/mol. The molecular weight excluding hydrogens is 250 g/mol. The Morgan fingerprint density at radius 2 is 1.73 bits per heavy atom. The van der Waals surface area contributed by atoms with E-state index in [4.69, 9.17) is 30.1 Å². The van der Waals surface area contributed by atoms with Crippen molar-refractivity contribution in [3.63, 3.8) is 0 Å². The van der Waals surface area contributed by atoms with Crippen LogP contribution in [0.1, 0.15) is 6.92 Å². The Balaban J connectivity index is 0. The third-order valence-corrected chi connectivity index (χ3v) is 0.534. The Bertz CT molecular complexity index is 135. The van der Waals surface area contributed by atoms with Crippen LogP contribution in [0.15, 0.2) is 12.2 Å². The standard InChI is InChI=1S/C5H8O2.3ClH.Cr/c1-4(2)5(6)7-3;;;;/h1H2,2-3H3;3*1H;/q;;;;+3/p-3. The van der Waals surface area contributed by atoms with E-state index in [9.17, 15) is 4.79 Å². The first-order chi connectivity index (χ1) is 4.91. The second-order valence-corrected chi connectivity index (χ2v) is 7.76. The van der Waals surface area contributed by atoms with Crippen molar-refractivity contribution in [2.24, 2.45) is 0 Å². The summed E-state index contributed by atoms with van der Waals surface area (Å²) in [5.74, 6) is -0.347. The van der Waals surface area contributed by atoms with Gasteiger partial charge in [-0.15, -0.1) is 0 Å².